The minimum absolute atomic E-state index is 0.0262. The number of oxime groups is 1. The Kier molecular flexibility index (Phi) is 11.3. The monoisotopic (exact) mass is 809 g/mol. The molecule has 284 valence electrons. The fraction of sp³-hybridized carbons (Fsp3) is 0.500. The molecule has 3 saturated heterocycles. The standard InChI is InChI=1S/C34H38Cl2N6O9S2/c1-16-22(43)6-5-20(24(16)35)29(45)40-9-7-19(8-10-40)42(11-3-4-12-42)14-18-15-52-31-21(30(46)41(31)27(18)33(49)50)13-23(44)25(39-51-17(2)32(47)48)26-28(36)53-34(37)38-26/h5-6,17,19,21,31H,3-4,7-15H2,1-2H3,(H4-,37,38,43,45,47,48,49,50)/p+1/b39-25+/t17-,21+,31+/m0/s1. The lowest BCUT2D eigenvalue weighted by Crippen LogP contribution is -2.63. The van der Waals surface area contributed by atoms with Gasteiger partial charge in [0.1, 0.15) is 28.0 Å². The molecule has 53 heavy (non-hydrogen) atoms. The van der Waals surface area contributed by atoms with E-state index in [1.54, 1.807) is 11.8 Å². The quantitative estimate of drug-likeness (QED) is 0.104. The summed E-state index contributed by atoms with van der Waals surface area (Å²) in [5.41, 5.74) is 6.68. The first-order valence-electron chi connectivity index (χ1n) is 17.1. The first kappa shape index (κ1) is 38.8. The molecule has 5 heterocycles. The number of ketones is 1. The number of aromatic nitrogens is 1. The number of hydrogen-bond donors (Lipinski definition) is 4. The number of Topliss-reactive ketones (excluding diaryl/α,β-unsaturated/α-hetero) is 1. The van der Waals surface area contributed by atoms with Crippen molar-refractivity contribution < 1.29 is 48.6 Å². The Morgan fingerprint density at radius 3 is 2.43 bits per heavy atom. The van der Waals surface area contributed by atoms with Gasteiger partial charge in [-0.05, 0) is 26.0 Å². The number of benzene rings is 1. The second-order valence-corrected chi connectivity index (χ2v) is 16.8. The SMILES string of the molecule is Cc1c(O)ccc(C(=O)N2CCC([N+]3(CC4=C(C(=O)O)N5C(=O)[C@@H](CC(=O)/C(=N\O[C@@H](C)C(=O)O)c6nc(N)sc6Cl)[C@H]5SC4)CCCC3)CC2)c1Cl. The number of aromatic hydroxyl groups is 1. The molecular weight excluding hydrogens is 771 g/mol. The second-order valence-electron chi connectivity index (χ2n) is 13.7. The van der Waals surface area contributed by atoms with Gasteiger partial charge in [-0.25, -0.2) is 14.6 Å². The van der Waals surface area contributed by atoms with Gasteiger partial charge in [0.05, 0.1) is 41.0 Å². The van der Waals surface area contributed by atoms with Crippen molar-refractivity contribution in [2.75, 3.05) is 44.2 Å². The van der Waals surface area contributed by atoms with Crippen LogP contribution in [-0.4, -0.2) is 126 Å². The fourth-order valence-corrected chi connectivity index (χ4v) is 10.3. The fourth-order valence-electron chi connectivity index (χ4n) is 7.73. The molecule has 19 heteroatoms. The second kappa shape index (κ2) is 15.5. The number of likely N-dealkylation sites (tertiary alicyclic amines) is 2. The number of thioether (sulfide) groups is 1. The summed E-state index contributed by atoms with van der Waals surface area (Å²) in [6.45, 7) is 6.06. The van der Waals surface area contributed by atoms with E-state index >= 15 is 0 Å². The predicted molar refractivity (Wildman–Crippen MR) is 198 cm³/mol. The molecule has 4 aliphatic heterocycles. The van der Waals surface area contributed by atoms with E-state index in [1.165, 1.54) is 35.7 Å². The van der Waals surface area contributed by atoms with Gasteiger partial charge in [0.15, 0.2) is 16.6 Å². The first-order valence-corrected chi connectivity index (χ1v) is 19.7. The van der Waals surface area contributed by atoms with Crippen molar-refractivity contribution in [3.63, 3.8) is 0 Å². The van der Waals surface area contributed by atoms with Gasteiger partial charge in [0.2, 0.25) is 12.0 Å². The number of thiazole rings is 1. The van der Waals surface area contributed by atoms with Gasteiger partial charge < -0.3 is 35.3 Å². The van der Waals surface area contributed by atoms with Crippen LogP contribution < -0.4 is 5.73 Å². The molecule has 0 bridgehead atoms. The zero-order valence-electron chi connectivity index (χ0n) is 28.9. The minimum Gasteiger partial charge on any atom is -0.508 e. The molecular formula is C34H39Cl2N6O9S2+. The smallest absolute Gasteiger partial charge is 0.352 e. The molecule has 4 aliphatic rings. The summed E-state index contributed by atoms with van der Waals surface area (Å²) in [7, 11) is 0. The number of phenols is 1. The number of phenolic OH excluding ortho intramolecular Hbond substituents is 1. The number of nitrogens with zero attached hydrogens (tertiary/aromatic N) is 5. The molecule has 0 spiro atoms. The highest BCUT2D eigenvalue weighted by Crippen LogP contribution is 2.47. The van der Waals surface area contributed by atoms with E-state index < -0.39 is 41.0 Å². The zero-order chi connectivity index (χ0) is 38.4. The maximum Gasteiger partial charge on any atom is 0.352 e. The summed E-state index contributed by atoms with van der Waals surface area (Å²) in [5.74, 6) is -4.43. The molecule has 6 rings (SSSR count). The third-order valence-electron chi connectivity index (χ3n) is 10.6. The Labute approximate surface area is 322 Å². The number of aliphatic carboxylic acids is 2. The zero-order valence-corrected chi connectivity index (χ0v) is 32.1. The van der Waals surface area contributed by atoms with Crippen LogP contribution in [0.25, 0.3) is 0 Å². The highest BCUT2D eigenvalue weighted by Gasteiger charge is 2.55. The van der Waals surface area contributed by atoms with E-state index in [-0.39, 0.29) is 55.7 Å². The lowest BCUT2D eigenvalue weighted by atomic mass is 9.89. The summed E-state index contributed by atoms with van der Waals surface area (Å²) in [4.78, 5) is 76.9. The van der Waals surface area contributed by atoms with Crippen molar-refractivity contribution in [2.24, 2.45) is 11.1 Å². The number of halogens is 2. The van der Waals surface area contributed by atoms with Gasteiger partial charge in [0.25, 0.3) is 5.91 Å². The minimum atomic E-state index is -1.39. The first-order chi connectivity index (χ1) is 25.1. The van der Waals surface area contributed by atoms with Crippen molar-refractivity contribution >= 4 is 86.7 Å². The summed E-state index contributed by atoms with van der Waals surface area (Å²) < 4.78 is 0.706. The third-order valence-corrected chi connectivity index (χ3v) is 13.5. The molecule has 3 atom stereocenters. The molecule has 2 amide bonds. The average Bonchev–Trinajstić information content (AvgIpc) is 3.74. The molecule has 0 radical (unpaired) electrons. The number of nitrogen functional groups attached to an aromatic ring is 1. The maximum atomic E-state index is 13.7. The van der Waals surface area contributed by atoms with E-state index in [0.29, 0.717) is 59.4 Å². The van der Waals surface area contributed by atoms with Gasteiger partial charge in [-0.1, -0.05) is 39.7 Å². The van der Waals surface area contributed by atoms with E-state index in [2.05, 4.69) is 10.1 Å². The van der Waals surface area contributed by atoms with Crippen LogP contribution >= 0.6 is 46.3 Å². The van der Waals surface area contributed by atoms with Crippen LogP contribution in [0.1, 0.15) is 60.6 Å². The van der Waals surface area contributed by atoms with Gasteiger partial charge in [-0.2, -0.15) is 0 Å². The van der Waals surface area contributed by atoms with E-state index in [0.717, 1.165) is 37.3 Å². The molecule has 0 saturated carbocycles. The number of hydrogen-bond acceptors (Lipinski definition) is 12. The number of carbonyl (C=O) groups is 5. The van der Waals surface area contributed by atoms with Crippen LogP contribution in [0.15, 0.2) is 28.6 Å². The average molecular weight is 811 g/mol. The van der Waals surface area contributed by atoms with Crippen molar-refractivity contribution in [2.45, 2.75) is 63.5 Å². The maximum absolute atomic E-state index is 13.7. The van der Waals surface area contributed by atoms with Crippen LogP contribution in [0.3, 0.4) is 0 Å². The third kappa shape index (κ3) is 7.45. The van der Waals surface area contributed by atoms with Crippen LogP contribution in [0.5, 0.6) is 5.75 Å². The normalized spacial score (nSPS) is 22.3. The summed E-state index contributed by atoms with van der Waals surface area (Å²) in [5, 5.41) is 33.1. The van der Waals surface area contributed by atoms with E-state index in [9.17, 15) is 39.3 Å². The van der Waals surface area contributed by atoms with Crippen LogP contribution in [0, 0.1) is 12.8 Å². The van der Waals surface area contributed by atoms with Gasteiger partial charge in [0, 0.05) is 62.1 Å². The topological polar surface area (TPSA) is 213 Å². The number of amides is 2. The number of quaternary nitrogens is 1. The number of piperidine rings is 1. The number of carboxylic acids is 2. The predicted octanol–water partition coefficient (Wildman–Crippen LogP) is 3.98. The van der Waals surface area contributed by atoms with Crippen molar-refractivity contribution in [1.29, 1.82) is 0 Å². The molecule has 1 aromatic carbocycles. The molecule has 3 fully saturated rings. The van der Waals surface area contributed by atoms with E-state index in [4.69, 9.17) is 33.8 Å². The Morgan fingerprint density at radius 1 is 1.15 bits per heavy atom. The number of fused-ring (bicyclic) bond motifs is 1. The Hall–Kier alpha value is -3.90. The van der Waals surface area contributed by atoms with E-state index in [1.807, 2.05) is 0 Å². The van der Waals surface area contributed by atoms with Gasteiger partial charge in [-0.3, -0.25) is 19.3 Å². The van der Waals surface area contributed by atoms with Gasteiger partial charge >= 0.3 is 11.9 Å². The van der Waals surface area contributed by atoms with Crippen molar-refractivity contribution in [1.82, 2.24) is 14.8 Å². The molecule has 15 nitrogen and oxygen atoms in total. The number of anilines is 1. The number of carbonyl (C=O) groups excluding carboxylic acids is 3. The Bertz CT molecular complexity index is 1920. The summed E-state index contributed by atoms with van der Waals surface area (Å²) in [6.07, 6.45) is 1.63. The molecule has 0 aliphatic carbocycles. The van der Waals surface area contributed by atoms with Gasteiger partial charge in [-0.15, -0.1) is 11.8 Å². The number of rotatable bonds is 12. The lowest BCUT2D eigenvalue weighted by Gasteiger charge is -2.51. The van der Waals surface area contributed by atoms with Crippen molar-refractivity contribution in [3.8, 4) is 5.75 Å². The molecule has 0 unspecified atom stereocenters. The van der Waals surface area contributed by atoms with Crippen LogP contribution in [0.2, 0.25) is 9.36 Å². The molecule has 1 aromatic heterocycles. The number of β-lactam (4-membered cyclic amide) rings is 1. The summed E-state index contributed by atoms with van der Waals surface area (Å²) >= 11 is 14.9. The highest BCUT2D eigenvalue weighted by atomic mass is 35.5. The summed E-state index contributed by atoms with van der Waals surface area (Å²) in [6, 6.07) is 3.18. The number of nitrogens with two attached hydrogens (primary N) is 1. The Morgan fingerprint density at radius 2 is 1.83 bits per heavy atom. The molecule has 2 aromatic rings. The largest absolute Gasteiger partial charge is 0.508 e. The van der Waals surface area contributed by atoms with Crippen molar-refractivity contribution in [3.05, 3.63) is 49.6 Å². The van der Waals surface area contributed by atoms with Crippen LogP contribution in [-0.2, 0) is 24.0 Å². The highest BCUT2D eigenvalue weighted by molar-refractivity contribution is 8.00. The lowest BCUT2D eigenvalue weighted by molar-refractivity contribution is -0.937. The Balaban J connectivity index is 1.17. The van der Waals surface area contributed by atoms with Crippen LogP contribution in [0.4, 0.5) is 5.13 Å². The number of carboxylic acid groups (broad SMARTS) is 2. The molecule has 5 N–H and O–H groups in total.